The molecule has 0 aliphatic heterocycles. The van der Waals surface area contributed by atoms with E-state index in [1.54, 1.807) is 18.2 Å². The van der Waals surface area contributed by atoms with Gasteiger partial charge >= 0.3 is 5.97 Å². The number of hydrogen-bond acceptors (Lipinski definition) is 5. The van der Waals surface area contributed by atoms with Crippen LogP contribution in [0.1, 0.15) is 50.8 Å². The van der Waals surface area contributed by atoms with E-state index in [4.69, 9.17) is 4.74 Å². The lowest BCUT2D eigenvalue weighted by atomic mass is 10.0. The summed E-state index contributed by atoms with van der Waals surface area (Å²) in [5.41, 5.74) is 1.45. The molecule has 29 heavy (non-hydrogen) atoms. The van der Waals surface area contributed by atoms with Gasteiger partial charge in [0.2, 0.25) is 0 Å². The summed E-state index contributed by atoms with van der Waals surface area (Å²) in [5, 5.41) is 0.515. The Kier molecular flexibility index (Phi) is 5.74. The Labute approximate surface area is 168 Å². The normalized spacial score (nSPS) is 16.3. The zero-order valence-corrected chi connectivity index (χ0v) is 16.4. The van der Waals surface area contributed by atoms with E-state index < -0.39 is 5.97 Å². The number of esters is 1. The molecule has 1 N–H and O–H groups in total. The van der Waals surface area contributed by atoms with Gasteiger partial charge in [-0.25, -0.2) is 4.98 Å². The van der Waals surface area contributed by atoms with Gasteiger partial charge < -0.3 is 14.6 Å². The van der Waals surface area contributed by atoms with Crippen LogP contribution in [0, 0.1) is 0 Å². The third-order valence-electron chi connectivity index (χ3n) is 5.34. The Bertz CT molecular complexity index is 1010. The number of benzene rings is 1. The molecule has 1 heterocycles. The first kappa shape index (κ1) is 19.4. The second kappa shape index (κ2) is 8.59. The number of aromatic nitrogens is 2. The molecular weight excluding hydrogens is 370 g/mol. The van der Waals surface area contributed by atoms with Crippen LogP contribution < -0.4 is 5.56 Å². The molecule has 1 aromatic heterocycles. The third kappa shape index (κ3) is 4.72. The summed E-state index contributed by atoms with van der Waals surface area (Å²) in [5.74, 6) is -0.183. The van der Waals surface area contributed by atoms with Gasteiger partial charge in [-0.05, 0) is 50.7 Å². The standard InChI is InChI=1S/C22H25N3O4/c26-20(25(16-10-11-16)15-6-2-1-3-7-15)14-29-21(27)13-12-19-23-18-9-5-4-8-17(18)22(28)24-19/h4-6,8-9,16H,1-3,7,10-14H2,(H,23,24,28). The van der Waals surface area contributed by atoms with Gasteiger partial charge in [-0.15, -0.1) is 0 Å². The lowest BCUT2D eigenvalue weighted by Gasteiger charge is -2.27. The van der Waals surface area contributed by atoms with Gasteiger partial charge in [-0.3, -0.25) is 14.4 Å². The highest BCUT2D eigenvalue weighted by Crippen LogP contribution is 2.33. The van der Waals surface area contributed by atoms with Gasteiger partial charge in [0.25, 0.3) is 11.5 Å². The smallest absolute Gasteiger partial charge is 0.306 e. The van der Waals surface area contributed by atoms with Crippen molar-refractivity contribution in [1.82, 2.24) is 14.9 Å². The number of carbonyl (C=O) groups is 2. The van der Waals surface area contributed by atoms with Crippen LogP contribution in [-0.2, 0) is 20.7 Å². The van der Waals surface area contributed by atoms with Crippen LogP contribution in [-0.4, -0.2) is 39.4 Å². The summed E-state index contributed by atoms with van der Waals surface area (Å²) in [4.78, 5) is 45.8. The molecule has 0 unspecified atom stereocenters. The van der Waals surface area contributed by atoms with Crippen molar-refractivity contribution in [2.75, 3.05) is 6.61 Å². The molecule has 7 nitrogen and oxygen atoms in total. The van der Waals surface area contributed by atoms with Crippen molar-refractivity contribution >= 4 is 22.8 Å². The fourth-order valence-electron chi connectivity index (χ4n) is 3.73. The molecule has 1 aromatic carbocycles. The highest BCUT2D eigenvalue weighted by atomic mass is 16.5. The average molecular weight is 395 g/mol. The monoisotopic (exact) mass is 395 g/mol. The number of aryl methyl sites for hydroxylation is 1. The van der Waals surface area contributed by atoms with Crippen molar-refractivity contribution < 1.29 is 14.3 Å². The number of nitrogens with one attached hydrogen (secondary N) is 1. The van der Waals surface area contributed by atoms with Crippen LogP contribution in [0.2, 0.25) is 0 Å². The van der Waals surface area contributed by atoms with E-state index in [1.165, 1.54) is 0 Å². The molecule has 152 valence electrons. The number of carbonyl (C=O) groups excluding carboxylic acids is 2. The number of allylic oxidation sites excluding steroid dienone is 2. The molecule has 0 radical (unpaired) electrons. The van der Waals surface area contributed by atoms with Gasteiger partial charge in [-0.2, -0.15) is 0 Å². The molecule has 2 aromatic rings. The molecule has 7 heteroatoms. The zero-order chi connectivity index (χ0) is 20.2. The van der Waals surface area contributed by atoms with E-state index in [0.717, 1.165) is 44.2 Å². The molecular formula is C22H25N3O4. The molecule has 2 aliphatic carbocycles. The summed E-state index contributed by atoms with van der Waals surface area (Å²) in [7, 11) is 0. The van der Waals surface area contributed by atoms with Crippen LogP contribution in [0.3, 0.4) is 0 Å². The Morgan fingerprint density at radius 2 is 2.03 bits per heavy atom. The zero-order valence-electron chi connectivity index (χ0n) is 16.4. The number of nitrogens with zero attached hydrogens (tertiary/aromatic N) is 2. The first-order valence-electron chi connectivity index (χ1n) is 10.3. The quantitative estimate of drug-likeness (QED) is 0.728. The maximum absolute atomic E-state index is 12.6. The van der Waals surface area contributed by atoms with Crippen molar-refractivity contribution in [3.8, 4) is 0 Å². The molecule has 1 fully saturated rings. The predicted octanol–water partition coefficient (Wildman–Crippen LogP) is 2.85. The minimum Gasteiger partial charge on any atom is -0.456 e. The van der Waals surface area contributed by atoms with Gasteiger partial charge in [0.05, 0.1) is 17.3 Å². The molecule has 0 spiro atoms. The lowest BCUT2D eigenvalue weighted by molar-refractivity contribution is -0.151. The number of para-hydroxylation sites is 1. The van der Waals surface area contributed by atoms with Crippen LogP contribution in [0.15, 0.2) is 40.8 Å². The molecule has 2 aliphatic rings. The molecule has 4 rings (SSSR count). The van der Waals surface area contributed by atoms with Crippen molar-refractivity contribution in [3.63, 3.8) is 0 Å². The molecule has 0 atom stereocenters. The molecule has 1 saturated carbocycles. The van der Waals surface area contributed by atoms with Crippen molar-refractivity contribution in [3.05, 3.63) is 52.2 Å². The summed E-state index contributed by atoms with van der Waals surface area (Å²) < 4.78 is 5.22. The highest BCUT2D eigenvalue weighted by Gasteiger charge is 2.35. The predicted molar refractivity (Wildman–Crippen MR) is 108 cm³/mol. The first-order chi connectivity index (χ1) is 14.1. The fraction of sp³-hybridized carbons (Fsp3) is 0.455. The minimum atomic E-state index is -0.470. The lowest BCUT2D eigenvalue weighted by Crippen LogP contribution is -2.36. The van der Waals surface area contributed by atoms with Crippen LogP contribution >= 0.6 is 0 Å². The number of fused-ring (bicyclic) bond motifs is 1. The first-order valence-corrected chi connectivity index (χ1v) is 10.3. The van der Waals surface area contributed by atoms with E-state index in [1.807, 2.05) is 11.0 Å². The maximum atomic E-state index is 12.6. The average Bonchev–Trinajstić information content (AvgIpc) is 3.57. The number of hydrogen-bond donors (Lipinski definition) is 1. The maximum Gasteiger partial charge on any atom is 0.306 e. The van der Waals surface area contributed by atoms with Crippen molar-refractivity contribution in [1.29, 1.82) is 0 Å². The van der Waals surface area contributed by atoms with Crippen LogP contribution in [0.5, 0.6) is 0 Å². The largest absolute Gasteiger partial charge is 0.456 e. The molecule has 1 amide bonds. The summed E-state index contributed by atoms with van der Waals surface area (Å²) in [6.45, 7) is -0.242. The van der Waals surface area contributed by atoms with E-state index in [-0.39, 0.29) is 37.0 Å². The van der Waals surface area contributed by atoms with Crippen molar-refractivity contribution in [2.24, 2.45) is 0 Å². The number of amides is 1. The highest BCUT2D eigenvalue weighted by molar-refractivity contribution is 5.82. The van der Waals surface area contributed by atoms with Gasteiger partial charge in [0, 0.05) is 18.2 Å². The number of aromatic amines is 1. The van der Waals surface area contributed by atoms with E-state index in [2.05, 4.69) is 16.0 Å². The summed E-state index contributed by atoms with van der Waals surface area (Å²) in [6.07, 6.45) is 8.65. The fourth-order valence-corrected chi connectivity index (χ4v) is 3.73. The topological polar surface area (TPSA) is 92.4 Å². The van der Waals surface area contributed by atoms with Gasteiger partial charge in [0.1, 0.15) is 5.82 Å². The molecule has 0 saturated heterocycles. The Balaban J connectivity index is 1.31. The summed E-state index contributed by atoms with van der Waals surface area (Å²) >= 11 is 0. The SMILES string of the molecule is O=C(CCc1nc2ccccc2c(=O)[nH]1)OCC(=O)N(C1=CCCCC1)C1CC1. The van der Waals surface area contributed by atoms with Crippen molar-refractivity contribution in [2.45, 2.75) is 57.4 Å². The van der Waals surface area contributed by atoms with Gasteiger partial charge in [-0.1, -0.05) is 18.2 Å². The Morgan fingerprint density at radius 1 is 1.21 bits per heavy atom. The minimum absolute atomic E-state index is 0.0562. The Morgan fingerprint density at radius 3 is 2.79 bits per heavy atom. The van der Waals surface area contributed by atoms with E-state index >= 15 is 0 Å². The van der Waals surface area contributed by atoms with E-state index in [0.29, 0.717) is 16.7 Å². The second-order valence-corrected chi connectivity index (χ2v) is 7.63. The van der Waals surface area contributed by atoms with E-state index in [9.17, 15) is 14.4 Å². The van der Waals surface area contributed by atoms with Crippen LogP contribution in [0.4, 0.5) is 0 Å². The number of ether oxygens (including phenoxy) is 1. The Hall–Kier alpha value is -2.96. The number of H-pyrrole nitrogens is 1. The van der Waals surface area contributed by atoms with Gasteiger partial charge in [0.15, 0.2) is 6.61 Å². The summed E-state index contributed by atoms with van der Waals surface area (Å²) in [6, 6.07) is 7.32. The van der Waals surface area contributed by atoms with Crippen LogP contribution in [0.25, 0.3) is 10.9 Å². The second-order valence-electron chi connectivity index (χ2n) is 7.63. The molecule has 0 bridgehead atoms. The third-order valence-corrected chi connectivity index (χ3v) is 5.34. The number of rotatable bonds is 7.